The number of rotatable bonds is 4. The molecule has 0 saturated carbocycles. The molecule has 1 N–H and O–H groups in total. The molecule has 0 aliphatic heterocycles. The van der Waals surface area contributed by atoms with Crippen LogP contribution in [0, 0.1) is 0 Å². The topological polar surface area (TPSA) is 72.0 Å². The predicted octanol–water partition coefficient (Wildman–Crippen LogP) is 4.81. The minimum absolute atomic E-state index is 0.118. The molecule has 4 aromatic rings. The molecule has 130 valence electrons. The summed E-state index contributed by atoms with van der Waals surface area (Å²) in [5.41, 5.74) is 1.04. The highest BCUT2D eigenvalue weighted by molar-refractivity contribution is 7.92. The third kappa shape index (κ3) is 3.29. The van der Waals surface area contributed by atoms with E-state index in [1.54, 1.807) is 0 Å². The summed E-state index contributed by atoms with van der Waals surface area (Å²) in [6, 6.07) is 17.7. The maximum absolute atomic E-state index is 12.6. The molecular weight excluding hydrogens is 390 g/mol. The van der Waals surface area contributed by atoms with Crippen molar-refractivity contribution in [2.45, 2.75) is 4.90 Å². The van der Waals surface area contributed by atoms with Crippen LogP contribution in [-0.4, -0.2) is 18.4 Å². The zero-order chi connectivity index (χ0) is 18.1. The Morgan fingerprint density at radius 1 is 0.962 bits per heavy atom. The quantitative estimate of drug-likeness (QED) is 0.532. The van der Waals surface area contributed by atoms with Crippen molar-refractivity contribution in [3.63, 3.8) is 0 Å². The predicted molar refractivity (Wildman–Crippen MR) is 105 cm³/mol. The molecule has 0 aliphatic rings. The second kappa shape index (κ2) is 6.68. The Kier molecular flexibility index (Phi) is 4.36. The number of halogens is 1. The van der Waals surface area contributed by atoms with Gasteiger partial charge in [-0.2, -0.15) is 0 Å². The maximum atomic E-state index is 12.6. The number of aromatic nitrogens is 2. The summed E-state index contributed by atoms with van der Waals surface area (Å²) in [5.74, 6) is 0.253. The molecule has 2 heterocycles. The van der Waals surface area contributed by atoms with Gasteiger partial charge in [-0.1, -0.05) is 41.9 Å². The zero-order valence-electron chi connectivity index (χ0n) is 13.3. The van der Waals surface area contributed by atoms with E-state index < -0.39 is 10.0 Å². The van der Waals surface area contributed by atoms with Crippen LogP contribution in [0.25, 0.3) is 20.7 Å². The molecule has 0 radical (unpaired) electrons. The summed E-state index contributed by atoms with van der Waals surface area (Å²) >= 11 is 7.31. The lowest BCUT2D eigenvalue weighted by molar-refractivity contribution is 0.601. The molecule has 0 unspecified atom stereocenters. The first-order valence-corrected chi connectivity index (χ1v) is 10.3. The minimum atomic E-state index is -3.77. The van der Waals surface area contributed by atoms with Gasteiger partial charge >= 0.3 is 0 Å². The molecule has 0 amide bonds. The minimum Gasteiger partial charge on any atom is -0.263 e. The largest absolute Gasteiger partial charge is 0.263 e. The average molecular weight is 402 g/mol. The van der Waals surface area contributed by atoms with Crippen LogP contribution in [-0.2, 0) is 10.0 Å². The van der Waals surface area contributed by atoms with Gasteiger partial charge in [0.1, 0.15) is 11.2 Å². The second-order valence-electron chi connectivity index (χ2n) is 5.48. The fourth-order valence-electron chi connectivity index (χ4n) is 2.48. The standard InChI is InChI=1S/C18H12ClN3O2S2/c19-13-6-8-14(9-7-13)26(23,24)22-17-15-10-16(12-4-2-1-3-5-12)25-18(15)21-11-20-17/h1-11H,(H,20,21,22). The van der Waals surface area contributed by atoms with E-state index >= 15 is 0 Å². The Morgan fingerprint density at radius 3 is 2.42 bits per heavy atom. The van der Waals surface area contributed by atoms with Gasteiger partial charge in [0.05, 0.1) is 10.3 Å². The number of fused-ring (bicyclic) bond motifs is 1. The fourth-order valence-corrected chi connectivity index (χ4v) is 4.64. The van der Waals surface area contributed by atoms with Crippen molar-refractivity contribution in [3.8, 4) is 10.4 Å². The van der Waals surface area contributed by atoms with Crippen molar-refractivity contribution in [1.29, 1.82) is 0 Å². The van der Waals surface area contributed by atoms with Crippen LogP contribution in [0.1, 0.15) is 0 Å². The Hall–Kier alpha value is -2.48. The van der Waals surface area contributed by atoms with Gasteiger partial charge in [-0.15, -0.1) is 11.3 Å². The van der Waals surface area contributed by atoms with Crippen LogP contribution >= 0.6 is 22.9 Å². The Balaban J connectivity index is 1.75. The van der Waals surface area contributed by atoms with Crippen molar-refractivity contribution >= 4 is 49.0 Å². The average Bonchev–Trinajstić information content (AvgIpc) is 3.08. The third-order valence-electron chi connectivity index (χ3n) is 3.74. The summed E-state index contributed by atoms with van der Waals surface area (Å²) in [6.07, 6.45) is 1.35. The molecule has 5 nitrogen and oxygen atoms in total. The number of anilines is 1. The van der Waals surface area contributed by atoms with E-state index in [-0.39, 0.29) is 10.7 Å². The van der Waals surface area contributed by atoms with Crippen LogP contribution in [0.2, 0.25) is 5.02 Å². The molecule has 0 fully saturated rings. The Morgan fingerprint density at radius 2 is 1.69 bits per heavy atom. The molecule has 2 aromatic heterocycles. The number of thiophene rings is 1. The molecule has 4 rings (SSSR count). The van der Waals surface area contributed by atoms with E-state index in [2.05, 4.69) is 14.7 Å². The highest BCUT2D eigenvalue weighted by Gasteiger charge is 2.18. The monoisotopic (exact) mass is 401 g/mol. The molecule has 26 heavy (non-hydrogen) atoms. The maximum Gasteiger partial charge on any atom is 0.263 e. The van der Waals surface area contributed by atoms with Crippen molar-refractivity contribution in [1.82, 2.24) is 9.97 Å². The van der Waals surface area contributed by atoms with E-state index in [9.17, 15) is 8.42 Å². The highest BCUT2D eigenvalue weighted by atomic mass is 35.5. The first kappa shape index (κ1) is 17.0. The van der Waals surface area contributed by atoms with Gasteiger partial charge in [-0.3, -0.25) is 4.72 Å². The summed E-state index contributed by atoms with van der Waals surface area (Å²) < 4.78 is 27.8. The van der Waals surface area contributed by atoms with Gasteiger partial charge in [-0.25, -0.2) is 18.4 Å². The fraction of sp³-hybridized carbons (Fsp3) is 0. The van der Waals surface area contributed by atoms with Gasteiger partial charge < -0.3 is 0 Å². The number of hydrogen-bond donors (Lipinski definition) is 1. The van der Waals surface area contributed by atoms with Gasteiger partial charge in [-0.05, 0) is 35.9 Å². The first-order chi connectivity index (χ1) is 12.5. The zero-order valence-corrected chi connectivity index (χ0v) is 15.6. The smallest absolute Gasteiger partial charge is 0.263 e. The van der Waals surface area contributed by atoms with Crippen LogP contribution in [0.3, 0.4) is 0 Å². The summed E-state index contributed by atoms with van der Waals surface area (Å²) in [4.78, 5) is 10.2. The van der Waals surface area contributed by atoms with Crippen LogP contribution < -0.4 is 4.72 Å². The van der Waals surface area contributed by atoms with E-state index in [1.807, 2.05) is 36.4 Å². The van der Waals surface area contributed by atoms with Crippen molar-refractivity contribution in [2.24, 2.45) is 0 Å². The molecule has 0 atom stereocenters. The number of nitrogens with zero attached hydrogens (tertiary/aromatic N) is 2. The summed E-state index contributed by atoms with van der Waals surface area (Å²) in [6.45, 7) is 0. The van der Waals surface area contributed by atoms with Crippen LogP contribution in [0.5, 0.6) is 0 Å². The Bertz CT molecular complexity index is 1170. The number of benzene rings is 2. The second-order valence-corrected chi connectivity index (χ2v) is 8.63. The van der Waals surface area contributed by atoms with Crippen molar-refractivity contribution in [3.05, 3.63) is 72.0 Å². The lowest BCUT2D eigenvalue weighted by Gasteiger charge is -2.07. The summed E-state index contributed by atoms with van der Waals surface area (Å²) in [5, 5.41) is 1.13. The Labute approximate surface area is 159 Å². The molecule has 8 heteroatoms. The SMILES string of the molecule is O=S(=O)(Nc1ncnc2sc(-c3ccccc3)cc12)c1ccc(Cl)cc1. The molecule has 0 saturated heterocycles. The molecular formula is C18H12ClN3O2S2. The van der Waals surface area contributed by atoms with Gasteiger partial charge in [0.2, 0.25) is 0 Å². The van der Waals surface area contributed by atoms with Crippen LogP contribution in [0.15, 0.2) is 71.9 Å². The van der Waals surface area contributed by atoms with Gasteiger partial charge in [0, 0.05) is 9.90 Å². The first-order valence-electron chi connectivity index (χ1n) is 7.61. The van der Waals surface area contributed by atoms with E-state index in [0.29, 0.717) is 15.2 Å². The van der Waals surface area contributed by atoms with E-state index in [0.717, 1.165) is 10.4 Å². The highest BCUT2D eigenvalue weighted by Crippen LogP contribution is 2.35. The van der Waals surface area contributed by atoms with Gasteiger partial charge in [0.25, 0.3) is 10.0 Å². The molecule has 2 aromatic carbocycles. The number of hydrogen-bond acceptors (Lipinski definition) is 5. The van der Waals surface area contributed by atoms with Crippen molar-refractivity contribution in [2.75, 3.05) is 4.72 Å². The molecule has 0 spiro atoms. The number of nitrogens with one attached hydrogen (secondary N) is 1. The lowest BCUT2D eigenvalue weighted by Crippen LogP contribution is -2.14. The van der Waals surface area contributed by atoms with Gasteiger partial charge in [0.15, 0.2) is 5.82 Å². The molecule has 0 bridgehead atoms. The van der Waals surface area contributed by atoms with Crippen molar-refractivity contribution < 1.29 is 8.42 Å². The normalized spacial score (nSPS) is 11.6. The molecule has 0 aliphatic carbocycles. The lowest BCUT2D eigenvalue weighted by atomic mass is 10.2. The third-order valence-corrected chi connectivity index (χ3v) is 6.44. The van der Waals surface area contributed by atoms with Crippen LogP contribution in [0.4, 0.5) is 5.82 Å². The van der Waals surface area contributed by atoms with E-state index in [1.165, 1.54) is 41.9 Å². The number of sulfonamides is 1. The summed E-state index contributed by atoms with van der Waals surface area (Å²) in [7, 11) is -3.77. The van der Waals surface area contributed by atoms with E-state index in [4.69, 9.17) is 11.6 Å².